The summed E-state index contributed by atoms with van der Waals surface area (Å²) in [6, 6.07) is 17.3. The first-order valence-corrected chi connectivity index (χ1v) is 9.62. The van der Waals surface area contributed by atoms with Gasteiger partial charge in [0.2, 0.25) is 5.91 Å². The molecular formula is C22H17ClN2O4. The maximum absolute atomic E-state index is 13.4. The number of hydrogen-bond acceptors (Lipinski definition) is 5. The Morgan fingerprint density at radius 1 is 0.897 bits per heavy atom. The van der Waals surface area contributed by atoms with E-state index in [4.69, 9.17) is 20.9 Å². The number of anilines is 2. The van der Waals surface area contributed by atoms with Crippen LogP contribution >= 0.6 is 11.6 Å². The third kappa shape index (κ3) is 2.84. The van der Waals surface area contributed by atoms with E-state index in [0.717, 1.165) is 5.56 Å². The fraction of sp³-hybridized carbons (Fsp3) is 0.182. The largest absolute Gasteiger partial charge is 0.467 e. The summed E-state index contributed by atoms with van der Waals surface area (Å²) in [7, 11) is 0. The smallest absolute Gasteiger partial charge is 0.266 e. The lowest BCUT2D eigenvalue weighted by Crippen LogP contribution is -2.37. The molecule has 2 amide bonds. The highest BCUT2D eigenvalue weighted by molar-refractivity contribution is 6.30. The third-order valence-electron chi connectivity index (χ3n) is 5.32. The van der Waals surface area contributed by atoms with Crippen molar-refractivity contribution in [2.45, 2.75) is 19.1 Å². The number of halogens is 1. The van der Waals surface area contributed by atoms with Gasteiger partial charge < -0.3 is 4.42 Å². The number of hydrogen-bond donors (Lipinski definition) is 0. The maximum atomic E-state index is 13.4. The number of imide groups is 1. The lowest BCUT2D eigenvalue weighted by Gasteiger charge is -2.27. The predicted molar refractivity (Wildman–Crippen MR) is 107 cm³/mol. The molecule has 0 spiro atoms. The molecule has 0 radical (unpaired) electrons. The normalized spacial score (nSPS) is 23.7. The molecule has 3 atom stereocenters. The number of rotatable bonds is 3. The van der Waals surface area contributed by atoms with Gasteiger partial charge in [-0.3, -0.25) is 14.4 Å². The Balaban J connectivity index is 1.56. The lowest BCUT2D eigenvalue weighted by atomic mass is 9.94. The van der Waals surface area contributed by atoms with Crippen LogP contribution in [-0.4, -0.2) is 17.9 Å². The Morgan fingerprint density at radius 2 is 1.59 bits per heavy atom. The van der Waals surface area contributed by atoms with Crippen LogP contribution in [0.3, 0.4) is 0 Å². The average Bonchev–Trinajstić information content (AvgIpc) is 3.41. The molecular weight excluding hydrogens is 392 g/mol. The van der Waals surface area contributed by atoms with Crippen molar-refractivity contribution in [3.63, 3.8) is 0 Å². The van der Waals surface area contributed by atoms with Gasteiger partial charge in [0.05, 0.1) is 17.6 Å². The number of amides is 2. The van der Waals surface area contributed by atoms with E-state index in [1.807, 2.05) is 19.1 Å². The summed E-state index contributed by atoms with van der Waals surface area (Å²) in [5.74, 6) is -0.844. The molecule has 0 bridgehead atoms. The standard InChI is InChI=1S/C22H17ClN2O4/c1-13-4-8-15(9-5-13)24-21(26)18-19(17-3-2-12-28-17)25(29-20(18)22(24)27)16-10-6-14(23)7-11-16/h2-12,18-20H,1H3/t18-,19-,20+/m1/s1. The lowest BCUT2D eigenvalue weighted by molar-refractivity contribution is -0.126. The van der Waals surface area contributed by atoms with Gasteiger partial charge in [-0.2, -0.15) is 0 Å². The molecule has 6 nitrogen and oxygen atoms in total. The van der Waals surface area contributed by atoms with Crippen LogP contribution in [0.1, 0.15) is 17.4 Å². The van der Waals surface area contributed by atoms with Crippen molar-refractivity contribution in [2.24, 2.45) is 5.92 Å². The predicted octanol–water partition coefficient (Wildman–Crippen LogP) is 4.29. The number of carbonyl (C=O) groups excluding carboxylic acids is 2. The van der Waals surface area contributed by atoms with Gasteiger partial charge >= 0.3 is 0 Å². The highest BCUT2D eigenvalue weighted by Crippen LogP contribution is 2.47. The van der Waals surface area contributed by atoms with Gasteiger partial charge in [0.25, 0.3) is 5.91 Å². The van der Waals surface area contributed by atoms with E-state index >= 15 is 0 Å². The topological polar surface area (TPSA) is 63.0 Å². The van der Waals surface area contributed by atoms with Crippen molar-refractivity contribution in [1.29, 1.82) is 0 Å². The first-order chi connectivity index (χ1) is 14.0. The molecule has 2 saturated heterocycles. The maximum Gasteiger partial charge on any atom is 0.266 e. The van der Waals surface area contributed by atoms with Gasteiger partial charge in [-0.15, -0.1) is 0 Å². The number of hydroxylamine groups is 1. The van der Waals surface area contributed by atoms with E-state index in [1.165, 1.54) is 4.90 Å². The molecule has 5 rings (SSSR count). The minimum Gasteiger partial charge on any atom is -0.467 e. The van der Waals surface area contributed by atoms with Crippen LogP contribution in [0.25, 0.3) is 0 Å². The summed E-state index contributed by atoms with van der Waals surface area (Å²) >= 11 is 6.00. The van der Waals surface area contributed by atoms with Crippen LogP contribution in [0.15, 0.2) is 71.3 Å². The summed E-state index contributed by atoms with van der Waals surface area (Å²) in [6.07, 6.45) is 0.622. The molecule has 3 heterocycles. The van der Waals surface area contributed by atoms with Crippen LogP contribution in [0.4, 0.5) is 11.4 Å². The third-order valence-corrected chi connectivity index (χ3v) is 5.58. The van der Waals surface area contributed by atoms with Crippen molar-refractivity contribution in [2.75, 3.05) is 9.96 Å². The van der Waals surface area contributed by atoms with Crippen LogP contribution in [0, 0.1) is 12.8 Å². The average molecular weight is 409 g/mol. The first-order valence-electron chi connectivity index (χ1n) is 9.24. The van der Waals surface area contributed by atoms with Crippen molar-refractivity contribution < 1.29 is 18.8 Å². The van der Waals surface area contributed by atoms with Crippen LogP contribution < -0.4 is 9.96 Å². The molecule has 0 N–H and O–H groups in total. The number of nitrogens with zero attached hydrogens (tertiary/aromatic N) is 2. The monoisotopic (exact) mass is 408 g/mol. The van der Waals surface area contributed by atoms with E-state index in [-0.39, 0.29) is 11.8 Å². The van der Waals surface area contributed by atoms with Crippen molar-refractivity contribution in [3.8, 4) is 0 Å². The number of fused-ring (bicyclic) bond motifs is 1. The number of furan rings is 1. The minimum atomic E-state index is -0.922. The second-order valence-corrected chi connectivity index (χ2v) is 7.60. The molecule has 0 unspecified atom stereocenters. The molecule has 2 aliphatic rings. The number of carbonyl (C=O) groups is 2. The Hall–Kier alpha value is -3.09. The molecule has 0 saturated carbocycles. The van der Waals surface area contributed by atoms with Gasteiger partial charge in [-0.1, -0.05) is 29.3 Å². The molecule has 0 aliphatic carbocycles. The zero-order valence-electron chi connectivity index (χ0n) is 15.5. The van der Waals surface area contributed by atoms with Crippen molar-refractivity contribution >= 4 is 34.8 Å². The number of benzene rings is 2. The number of aryl methyl sites for hydroxylation is 1. The van der Waals surface area contributed by atoms with Crippen molar-refractivity contribution in [3.05, 3.63) is 83.3 Å². The fourth-order valence-corrected chi connectivity index (χ4v) is 4.05. The van der Waals surface area contributed by atoms with Crippen molar-refractivity contribution in [1.82, 2.24) is 0 Å². The zero-order valence-corrected chi connectivity index (χ0v) is 16.2. The van der Waals surface area contributed by atoms with E-state index in [0.29, 0.717) is 22.2 Å². The highest BCUT2D eigenvalue weighted by Gasteiger charge is 2.61. The first kappa shape index (κ1) is 18.0. The summed E-state index contributed by atoms with van der Waals surface area (Å²) in [5.41, 5.74) is 2.28. The Kier molecular flexibility index (Phi) is 4.19. The SMILES string of the molecule is Cc1ccc(N2C(=O)[C@H]3[C@H](ON(c4ccc(Cl)cc4)[C@@H]3c3ccco3)C2=O)cc1. The summed E-state index contributed by atoms with van der Waals surface area (Å²) in [6.45, 7) is 1.95. The summed E-state index contributed by atoms with van der Waals surface area (Å²) in [5, 5.41) is 2.16. The van der Waals surface area contributed by atoms with Gasteiger partial charge in [0.15, 0.2) is 6.10 Å². The van der Waals surface area contributed by atoms with Gasteiger partial charge in [0.1, 0.15) is 17.7 Å². The van der Waals surface area contributed by atoms with Crippen LogP contribution in [0.5, 0.6) is 0 Å². The quantitative estimate of drug-likeness (QED) is 0.605. The van der Waals surface area contributed by atoms with E-state index < -0.39 is 18.1 Å². The second-order valence-electron chi connectivity index (χ2n) is 7.16. The van der Waals surface area contributed by atoms with Crippen LogP contribution in [-0.2, 0) is 14.4 Å². The fourth-order valence-electron chi connectivity index (χ4n) is 3.92. The highest BCUT2D eigenvalue weighted by atomic mass is 35.5. The Bertz CT molecular complexity index is 1060. The summed E-state index contributed by atoms with van der Waals surface area (Å²) in [4.78, 5) is 33.7. The molecule has 2 aromatic carbocycles. The molecule has 2 fully saturated rings. The van der Waals surface area contributed by atoms with E-state index in [9.17, 15) is 9.59 Å². The minimum absolute atomic E-state index is 0.304. The Labute approximate surface area is 172 Å². The Morgan fingerprint density at radius 3 is 2.24 bits per heavy atom. The molecule has 2 aliphatic heterocycles. The van der Waals surface area contributed by atoms with Gasteiger partial charge in [0, 0.05) is 5.02 Å². The zero-order chi connectivity index (χ0) is 20.1. The summed E-state index contributed by atoms with van der Waals surface area (Å²) < 4.78 is 5.61. The van der Waals surface area contributed by atoms with Gasteiger partial charge in [-0.05, 0) is 55.5 Å². The van der Waals surface area contributed by atoms with E-state index in [2.05, 4.69) is 0 Å². The molecule has 146 valence electrons. The van der Waals surface area contributed by atoms with Gasteiger partial charge in [-0.25, -0.2) is 9.96 Å². The second kappa shape index (κ2) is 6.76. The molecule has 3 aromatic rings. The molecule has 7 heteroatoms. The van der Waals surface area contributed by atoms with E-state index in [1.54, 1.807) is 59.9 Å². The molecule has 1 aromatic heterocycles. The molecule has 29 heavy (non-hydrogen) atoms. The van der Waals surface area contributed by atoms with Crippen LogP contribution in [0.2, 0.25) is 5.02 Å².